The van der Waals surface area contributed by atoms with Gasteiger partial charge in [-0.1, -0.05) is 6.92 Å². The molecule has 1 aromatic rings. The topological polar surface area (TPSA) is 33.1 Å². The molecule has 19 heavy (non-hydrogen) atoms. The number of likely N-dealkylation sites (tertiary alicyclic amines) is 1. The molecule has 4 heteroatoms. The lowest BCUT2D eigenvalue weighted by molar-refractivity contribution is 0.242. The molecule has 2 heterocycles. The normalized spacial score (nSPS) is 21.2. The minimum Gasteiger partial charge on any atom is -0.332 e. The largest absolute Gasteiger partial charge is 0.332 e. The fraction of sp³-hybridized carbons (Fsp3) is 0.800. The van der Waals surface area contributed by atoms with Gasteiger partial charge in [0.05, 0.1) is 12.0 Å². The summed E-state index contributed by atoms with van der Waals surface area (Å²) in [5.41, 5.74) is 1.44. The SMILES string of the molecule is CCN1CCCC1Cn1cncc1CNC(C)(C)C. The van der Waals surface area contributed by atoms with E-state index in [9.17, 15) is 0 Å². The highest BCUT2D eigenvalue weighted by molar-refractivity contribution is 5.00. The Morgan fingerprint density at radius 1 is 1.42 bits per heavy atom. The van der Waals surface area contributed by atoms with E-state index in [4.69, 9.17) is 0 Å². The molecule has 1 atom stereocenters. The van der Waals surface area contributed by atoms with Crippen molar-refractivity contribution in [3.8, 4) is 0 Å². The lowest BCUT2D eigenvalue weighted by Crippen LogP contribution is -2.37. The zero-order chi connectivity index (χ0) is 13.9. The van der Waals surface area contributed by atoms with Crippen molar-refractivity contribution >= 4 is 0 Å². The number of nitrogens with zero attached hydrogens (tertiary/aromatic N) is 3. The molecule has 0 aromatic carbocycles. The molecule has 0 bridgehead atoms. The molecule has 1 aliphatic heterocycles. The monoisotopic (exact) mass is 264 g/mol. The highest BCUT2D eigenvalue weighted by Crippen LogP contribution is 2.19. The fourth-order valence-electron chi connectivity index (χ4n) is 2.76. The number of hydrogen-bond acceptors (Lipinski definition) is 3. The second-order valence-electron chi connectivity index (χ2n) is 6.57. The quantitative estimate of drug-likeness (QED) is 0.885. The summed E-state index contributed by atoms with van der Waals surface area (Å²) in [7, 11) is 0. The van der Waals surface area contributed by atoms with Gasteiger partial charge in [-0.15, -0.1) is 0 Å². The Bertz CT molecular complexity index is 391. The van der Waals surface area contributed by atoms with Crippen molar-refractivity contribution in [1.29, 1.82) is 0 Å². The zero-order valence-electron chi connectivity index (χ0n) is 12.8. The van der Waals surface area contributed by atoms with Gasteiger partial charge in [0.1, 0.15) is 0 Å². The van der Waals surface area contributed by atoms with E-state index >= 15 is 0 Å². The molecule has 1 saturated heterocycles. The molecular weight excluding hydrogens is 236 g/mol. The maximum atomic E-state index is 4.32. The van der Waals surface area contributed by atoms with Gasteiger partial charge in [-0.3, -0.25) is 4.90 Å². The summed E-state index contributed by atoms with van der Waals surface area (Å²) in [6.07, 6.45) is 6.62. The Labute approximate surface area is 117 Å². The molecule has 0 radical (unpaired) electrons. The summed E-state index contributed by atoms with van der Waals surface area (Å²) >= 11 is 0. The van der Waals surface area contributed by atoms with Crippen molar-refractivity contribution in [3.05, 3.63) is 18.2 Å². The van der Waals surface area contributed by atoms with Crippen molar-refractivity contribution < 1.29 is 0 Å². The molecule has 1 N–H and O–H groups in total. The summed E-state index contributed by atoms with van der Waals surface area (Å²) in [5.74, 6) is 0. The van der Waals surface area contributed by atoms with Gasteiger partial charge in [-0.05, 0) is 46.7 Å². The molecule has 1 fully saturated rings. The molecule has 1 unspecified atom stereocenters. The maximum absolute atomic E-state index is 4.32. The second-order valence-corrected chi connectivity index (χ2v) is 6.57. The van der Waals surface area contributed by atoms with Crippen molar-refractivity contribution in [3.63, 3.8) is 0 Å². The highest BCUT2D eigenvalue weighted by Gasteiger charge is 2.23. The van der Waals surface area contributed by atoms with Gasteiger partial charge in [0.25, 0.3) is 0 Å². The third-order valence-corrected chi connectivity index (χ3v) is 3.91. The fourth-order valence-corrected chi connectivity index (χ4v) is 2.76. The molecule has 0 aliphatic carbocycles. The van der Waals surface area contributed by atoms with E-state index in [0.29, 0.717) is 6.04 Å². The first-order valence-electron chi connectivity index (χ1n) is 7.47. The summed E-state index contributed by atoms with van der Waals surface area (Å²) < 4.78 is 2.32. The third kappa shape index (κ3) is 4.05. The summed E-state index contributed by atoms with van der Waals surface area (Å²) in [6.45, 7) is 13.2. The van der Waals surface area contributed by atoms with Crippen LogP contribution in [0.3, 0.4) is 0 Å². The zero-order valence-corrected chi connectivity index (χ0v) is 12.8. The number of hydrogen-bond donors (Lipinski definition) is 1. The van der Waals surface area contributed by atoms with E-state index < -0.39 is 0 Å². The number of nitrogens with one attached hydrogen (secondary N) is 1. The standard InChI is InChI=1S/C15H28N4/c1-5-18-8-6-7-13(18)11-19-12-16-9-14(19)10-17-15(2,3)4/h9,12-13,17H,5-8,10-11H2,1-4H3. The smallest absolute Gasteiger partial charge is 0.0949 e. The first kappa shape index (κ1) is 14.5. The molecule has 0 spiro atoms. The number of imidazole rings is 1. The Morgan fingerprint density at radius 2 is 2.21 bits per heavy atom. The number of aromatic nitrogens is 2. The van der Waals surface area contributed by atoms with Crippen LogP contribution >= 0.6 is 0 Å². The predicted molar refractivity (Wildman–Crippen MR) is 79.1 cm³/mol. The van der Waals surface area contributed by atoms with Crippen LogP contribution < -0.4 is 5.32 Å². The van der Waals surface area contributed by atoms with Crippen LogP contribution in [0.5, 0.6) is 0 Å². The van der Waals surface area contributed by atoms with Gasteiger partial charge in [-0.25, -0.2) is 4.98 Å². The Hall–Kier alpha value is -0.870. The van der Waals surface area contributed by atoms with E-state index in [1.165, 1.54) is 25.1 Å². The van der Waals surface area contributed by atoms with Gasteiger partial charge in [-0.2, -0.15) is 0 Å². The van der Waals surface area contributed by atoms with Crippen LogP contribution in [0.4, 0.5) is 0 Å². The Balaban J connectivity index is 1.95. The molecule has 1 aliphatic rings. The summed E-state index contributed by atoms with van der Waals surface area (Å²) in [6, 6.07) is 0.688. The van der Waals surface area contributed by atoms with Gasteiger partial charge in [0.15, 0.2) is 0 Å². The van der Waals surface area contributed by atoms with Gasteiger partial charge >= 0.3 is 0 Å². The van der Waals surface area contributed by atoms with E-state index in [2.05, 4.69) is 47.5 Å². The van der Waals surface area contributed by atoms with Crippen LogP contribution in [0.25, 0.3) is 0 Å². The maximum Gasteiger partial charge on any atom is 0.0949 e. The van der Waals surface area contributed by atoms with Crippen LogP contribution in [0.1, 0.15) is 46.2 Å². The first-order valence-corrected chi connectivity index (χ1v) is 7.47. The second kappa shape index (κ2) is 6.06. The van der Waals surface area contributed by atoms with Crippen molar-refractivity contribution in [2.24, 2.45) is 0 Å². The van der Waals surface area contributed by atoms with Crippen LogP contribution in [0.15, 0.2) is 12.5 Å². The molecule has 0 amide bonds. The van der Waals surface area contributed by atoms with Gasteiger partial charge < -0.3 is 9.88 Å². The molecule has 0 saturated carbocycles. The average molecular weight is 264 g/mol. The van der Waals surface area contributed by atoms with Crippen LogP contribution in [-0.2, 0) is 13.1 Å². The molecular formula is C15H28N4. The van der Waals surface area contributed by atoms with Gasteiger partial charge in [0, 0.05) is 30.9 Å². The molecule has 108 valence electrons. The third-order valence-electron chi connectivity index (χ3n) is 3.91. The van der Waals surface area contributed by atoms with E-state index in [1.807, 2.05) is 12.5 Å². The van der Waals surface area contributed by atoms with Crippen molar-refractivity contribution in [2.45, 2.75) is 65.2 Å². The number of rotatable bonds is 5. The van der Waals surface area contributed by atoms with Crippen molar-refractivity contribution in [2.75, 3.05) is 13.1 Å². The molecule has 1 aromatic heterocycles. The van der Waals surface area contributed by atoms with E-state index in [-0.39, 0.29) is 5.54 Å². The van der Waals surface area contributed by atoms with Crippen LogP contribution in [0, 0.1) is 0 Å². The predicted octanol–water partition coefficient (Wildman–Crippen LogP) is 2.26. The van der Waals surface area contributed by atoms with Gasteiger partial charge in [0.2, 0.25) is 0 Å². The van der Waals surface area contributed by atoms with Crippen LogP contribution in [0.2, 0.25) is 0 Å². The van der Waals surface area contributed by atoms with E-state index in [0.717, 1.165) is 19.6 Å². The average Bonchev–Trinajstić information content (AvgIpc) is 2.95. The van der Waals surface area contributed by atoms with E-state index in [1.54, 1.807) is 0 Å². The summed E-state index contributed by atoms with van der Waals surface area (Å²) in [4.78, 5) is 6.90. The van der Waals surface area contributed by atoms with Crippen molar-refractivity contribution in [1.82, 2.24) is 19.8 Å². The number of likely N-dealkylation sites (N-methyl/N-ethyl adjacent to an activating group) is 1. The molecule has 2 rings (SSSR count). The minimum absolute atomic E-state index is 0.151. The Morgan fingerprint density at radius 3 is 2.89 bits per heavy atom. The van der Waals surface area contributed by atoms with Crippen LogP contribution in [-0.4, -0.2) is 39.1 Å². The lowest BCUT2D eigenvalue weighted by Gasteiger charge is -2.25. The lowest BCUT2D eigenvalue weighted by atomic mass is 10.1. The summed E-state index contributed by atoms with van der Waals surface area (Å²) in [5, 5.41) is 3.54. The highest BCUT2D eigenvalue weighted by atomic mass is 15.2. The Kier molecular flexibility index (Phi) is 4.63. The first-order chi connectivity index (χ1) is 8.99. The minimum atomic E-state index is 0.151. The molecule has 4 nitrogen and oxygen atoms in total.